The Morgan fingerprint density at radius 2 is 1.94 bits per heavy atom. The Bertz CT molecular complexity index is 1360. The highest BCUT2D eigenvalue weighted by Crippen LogP contribution is 2.28. The highest BCUT2D eigenvalue weighted by molar-refractivity contribution is 7.92. The smallest absolute Gasteiger partial charge is 0.232 e. The average molecular weight is 435 g/mol. The summed E-state index contributed by atoms with van der Waals surface area (Å²) < 4.78 is 27.0. The Labute approximate surface area is 180 Å². The molecule has 0 atom stereocenters. The highest BCUT2D eigenvalue weighted by atomic mass is 32.2. The predicted octanol–water partition coefficient (Wildman–Crippen LogP) is 4.32. The topological polar surface area (TPSA) is 105 Å². The van der Waals surface area contributed by atoms with E-state index in [0.717, 1.165) is 11.1 Å². The first-order valence-corrected chi connectivity index (χ1v) is 11.6. The lowest BCUT2D eigenvalue weighted by atomic mass is 9.97. The van der Waals surface area contributed by atoms with Crippen molar-refractivity contribution in [2.75, 3.05) is 10.5 Å². The summed E-state index contributed by atoms with van der Waals surface area (Å²) in [4.78, 5) is 25.0. The van der Waals surface area contributed by atoms with E-state index in [1.165, 1.54) is 0 Å². The van der Waals surface area contributed by atoms with Crippen LogP contribution in [0.1, 0.15) is 34.8 Å². The van der Waals surface area contributed by atoms with Crippen molar-refractivity contribution in [1.29, 1.82) is 0 Å². The van der Waals surface area contributed by atoms with E-state index in [9.17, 15) is 13.2 Å². The van der Waals surface area contributed by atoms with Crippen molar-refractivity contribution in [1.82, 2.24) is 15.0 Å². The van der Waals surface area contributed by atoms with Gasteiger partial charge < -0.3 is 4.98 Å². The zero-order chi connectivity index (χ0) is 22.0. The lowest BCUT2D eigenvalue weighted by molar-refractivity contribution is 0.103. The number of pyridine rings is 2. The van der Waals surface area contributed by atoms with E-state index in [4.69, 9.17) is 0 Å². The first-order chi connectivity index (χ1) is 14.9. The van der Waals surface area contributed by atoms with Gasteiger partial charge in [-0.2, -0.15) is 0 Å². The van der Waals surface area contributed by atoms with Crippen molar-refractivity contribution in [3.63, 3.8) is 0 Å². The number of nitrogens with one attached hydrogen (secondary N) is 2. The fraction of sp³-hybridized carbons (Fsp3) is 0.174. The van der Waals surface area contributed by atoms with E-state index >= 15 is 0 Å². The van der Waals surface area contributed by atoms with Gasteiger partial charge in [-0.3, -0.25) is 14.5 Å². The summed E-state index contributed by atoms with van der Waals surface area (Å²) in [6.07, 6.45) is 7.33. The van der Waals surface area contributed by atoms with Crippen LogP contribution in [0.5, 0.6) is 0 Å². The Morgan fingerprint density at radius 3 is 2.68 bits per heavy atom. The number of carbonyl (C=O) groups is 1. The summed E-state index contributed by atoms with van der Waals surface area (Å²) in [6.45, 7) is 3.54. The maximum Gasteiger partial charge on any atom is 0.232 e. The second-order valence-electron chi connectivity index (χ2n) is 7.29. The molecule has 4 rings (SSSR count). The van der Waals surface area contributed by atoms with E-state index in [2.05, 4.69) is 19.7 Å². The van der Waals surface area contributed by atoms with Crippen molar-refractivity contribution in [3.8, 4) is 11.1 Å². The molecule has 0 aliphatic carbocycles. The number of benzene rings is 1. The van der Waals surface area contributed by atoms with Gasteiger partial charge in [-0.15, -0.1) is 0 Å². The molecule has 158 valence electrons. The van der Waals surface area contributed by atoms with Crippen LogP contribution in [0.3, 0.4) is 0 Å². The zero-order valence-corrected chi connectivity index (χ0v) is 18.0. The molecule has 0 saturated carbocycles. The molecular weight excluding hydrogens is 412 g/mol. The third-order valence-corrected chi connectivity index (χ3v) is 6.56. The van der Waals surface area contributed by atoms with Crippen LogP contribution in [0.4, 0.5) is 5.69 Å². The van der Waals surface area contributed by atoms with E-state index in [0.29, 0.717) is 39.8 Å². The summed E-state index contributed by atoms with van der Waals surface area (Å²) in [5.41, 5.74) is 4.26. The molecule has 0 saturated heterocycles. The fourth-order valence-electron chi connectivity index (χ4n) is 3.51. The van der Waals surface area contributed by atoms with Gasteiger partial charge >= 0.3 is 0 Å². The standard InChI is InChI=1S/C23H22N4O3S/c1-3-10-31(29,30)27-21-8-4-7-18(15(21)2)22(28)20-14-26-23-19(20)11-17(13-25-23)16-6-5-9-24-12-16/h4-9,11-14,27H,3,10H2,1-2H3,(H,25,26). The number of H-pyrrole nitrogens is 1. The van der Waals surface area contributed by atoms with Crippen LogP contribution in [-0.2, 0) is 10.0 Å². The van der Waals surface area contributed by atoms with Crippen LogP contribution in [-0.4, -0.2) is 34.9 Å². The molecular formula is C23H22N4O3S. The molecule has 3 aromatic heterocycles. The molecule has 3 heterocycles. The summed E-state index contributed by atoms with van der Waals surface area (Å²) >= 11 is 0. The Morgan fingerprint density at radius 1 is 1.10 bits per heavy atom. The van der Waals surface area contributed by atoms with E-state index in [1.807, 2.05) is 18.2 Å². The van der Waals surface area contributed by atoms with Gasteiger partial charge in [0.1, 0.15) is 5.65 Å². The van der Waals surface area contributed by atoms with Crippen LogP contribution in [0, 0.1) is 6.92 Å². The van der Waals surface area contributed by atoms with Crippen LogP contribution in [0.15, 0.2) is 61.2 Å². The number of hydrogen-bond acceptors (Lipinski definition) is 5. The van der Waals surface area contributed by atoms with Gasteiger partial charge in [0.05, 0.1) is 11.4 Å². The maximum atomic E-state index is 13.4. The van der Waals surface area contributed by atoms with Gasteiger partial charge in [0, 0.05) is 52.4 Å². The first-order valence-electron chi connectivity index (χ1n) is 9.92. The Balaban J connectivity index is 1.74. The molecule has 31 heavy (non-hydrogen) atoms. The molecule has 0 amide bonds. The fourth-order valence-corrected chi connectivity index (χ4v) is 4.70. The number of fused-ring (bicyclic) bond motifs is 1. The van der Waals surface area contributed by atoms with Crippen molar-refractivity contribution >= 4 is 32.5 Å². The second kappa shape index (κ2) is 8.31. The van der Waals surface area contributed by atoms with E-state index < -0.39 is 10.0 Å². The minimum Gasteiger partial charge on any atom is -0.345 e. The quantitative estimate of drug-likeness (QED) is 0.422. The van der Waals surface area contributed by atoms with E-state index in [1.54, 1.807) is 56.8 Å². The monoisotopic (exact) mass is 434 g/mol. The number of nitrogens with zero attached hydrogens (tertiary/aromatic N) is 2. The molecule has 2 N–H and O–H groups in total. The summed E-state index contributed by atoms with van der Waals surface area (Å²) in [5.74, 6) is -0.180. The predicted molar refractivity (Wildman–Crippen MR) is 122 cm³/mol. The van der Waals surface area contributed by atoms with Gasteiger partial charge in [0.25, 0.3) is 0 Å². The lowest BCUT2D eigenvalue weighted by Gasteiger charge is -2.13. The largest absolute Gasteiger partial charge is 0.345 e. The minimum atomic E-state index is -3.46. The molecule has 0 spiro atoms. The Hall–Kier alpha value is -3.52. The molecule has 4 aromatic rings. The van der Waals surface area contributed by atoms with E-state index in [-0.39, 0.29) is 11.5 Å². The van der Waals surface area contributed by atoms with Gasteiger partial charge in [-0.05, 0) is 37.1 Å². The SMILES string of the molecule is CCCS(=O)(=O)Nc1cccc(C(=O)c2c[nH]c3ncc(-c4cccnc4)cc23)c1C. The molecule has 0 unspecified atom stereocenters. The number of anilines is 1. The third-order valence-electron chi connectivity index (χ3n) is 5.09. The van der Waals surface area contributed by atoms with Crippen LogP contribution in [0.2, 0.25) is 0 Å². The summed E-state index contributed by atoms with van der Waals surface area (Å²) in [6, 6.07) is 10.7. The first kappa shape index (κ1) is 20.7. The number of carbonyl (C=O) groups excluding carboxylic acids is 1. The molecule has 7 nitrogen and oxygen atoms in total. The molecule has 0 aliphatic rings. The zero-order valence-electron chi connectivity index (χ0n) is 17.2. The van der Waals surface area contributed by atoms with Crippen LogP contribution < -0.4 is 4.72 Å². The minimum absolute atomic E-state index is 0.0237. The molecule has 0 fully saturated rings. The van der Waals surface area contributed by atoms with Crippen LogP contribution >= 0.6 is 0 Å². The number of rotatable bonds is 7. The molecule has 1 aromatic carbocycles. The van der Waals surface area contributed by atoms with Crippen molar-refractivity contribution in [2.45, 2.75) is 20.3 Å². The van der Waals surface area contributed by atoms with Crippen molar-refractivity contribution in [3.05, 3.63) is 77.9 Å². The number of aromatic amines is 1. The summed E-state index contributed by atoms with van der Waals surface area (Å²) in [5, 5.41) is 0.697. The maximum absolute atomic E-state index is 13.4. The molecule has 0 aliphatic heterocycles. The normalized spacial score (nSPS) is 11.5. The highest BCUT2D eigenvalue weighted by Gasteiger charge is 2.20. The molecule has 8 heteroatoms. The third kappa shape index (κ3) is 4.20. The second-order valence-corrected chi connectivity index (χ2v) is 9.13. The molecule has 0 bridgehead atoms. The van der Waals surface area contributed by atoms with Gasteiger partial charge in [-0.25, -0.2) is 13.4 Å². The number of sulfonamides is 1. The van der Waals surface area contributed by atoms with Gasteiger partial charge in [0.15, 0.2) is 5.78 Å². The van der Waals surface area contributed by atoms with Gasteiger partial charge in [-0.1, -0.05) is 25.1 Å². The number of aromatic nitrogens is 3. The Kier molecular flexibility index (Phi) is 5.56. The van der Waals surface area contributed by atoms with Crippen molar-refractivity contribution < 1.29 is 13.2 Å². The number of ketones is 1. The van der Waals surface area contributed by atoms with Crippen LogP contribution in [0.25, 0.3) is 22.2 Å². The molecule has 0 radical (unpaired) electrons. The number of hydrogen-bond donors (Lipinski definition) is 2. The van der Waals surface area contributed by atoms with Gasteiger partial charge in [0.2, 0.25) is 10.0 Å². The average Bonchev–Trinajstić information content (AvgIpc) is 3.18. The summed E-state index contributed by atoms with van der Waals surface area (Å²) in [7, 11) is -3.46. The lowest BCUT2D eigenvalue weighted by Crippen LogP contribution is -2.17. The van der Waals surface area contributed by atoms with Crippen molar-refractivity contribution in [2.24, 2.45) is 0 Å².